The van der Waals surface area contributed by atoms with Crippen LogP contribution in [0.1, 0.15) is 11.8 Å². The number of aliphatic hydroxyl groups is 2. The average molecular weight is 444 g/mol. The molecule has 0 spiro atoms. The molecule has 10 nitrogen and oxygen atoms in total. The summed E-state index contributed by atoms with van der Waals surface area (Å²) in [4.78, 5) is 33.3. The highest BCUT2D eigenvalue weighted by Crippen LogP contribution is 2.38. The SMILES string of the molecule is O=c1ccn([C@@H]2O[C@H](COP(=O)(O)O)[C@@H](O)[C@H]2O)c(SCCc2ccccc2)n1. The molecule has 4 atom stereocenters. The Balaban J connectivity index is 1.72. The van der Waals surface area contributed by atoms with Gasteiger partial charge < -0.3 is 24.7 Å². The Kier molecular flexibility index (Phi) is 7.25. The normalized spacial score (nSPS) is 24.7. The van der Waals surface area contributed by atoms with Crippen molar-refractivity contribution in [2.75, 3.05) is 12.4 Å². The first-order chi connectivity index (χ1) is 13.7. The van der Waals surface area contributed by atoms with Gasteiger partial charge in [-0.3, -0.25) is 13.9 Å². The van der Waals surface area contributed by atoms with Gasteiger partial charge in [0.25, 0.3) is 5.56 Å². The van der Waals surface area contributed by atoms with Crippen molar-refractivity contribution in [2.24, 2.45) is 0 Å². The molecule has 0 unspecified atom stereocenters. The second kappa shape index (κ2) is 9.50. The molecule has 0 bridgehead atoms. The molecular formula is C17H21N2O8PS. The van der Waals surface area contributed by atoms with Gasteiger partial charge in [0.1, 0.15) is 18.3 Å². The highest BCUT2D eigenvalue weighted by Gasteiger charge is 2.45. The van der Waals surface area contributed by atoms with Crippen LogP contribution in [-0.4, -0.2) is 60.2 Å². The molecule has 1 saturated heterocycles. The number of hydrogen-bond donors (Lipinski definition) is 4. The first-order valence-corrected chi connectivity index (χ1v) is 11.2. The van der Waals surface area contributed by atoms with Crippen LogP contribution in [-0.2, 0) is 20.2 Å². The van der Waals surface area contributed by atoms with Gasteiger partial charge in [0, 0.05) is 18.0 Å². The first-order valence-electron chi connectivity index (χ1n) is 8.72. The number of rotatable bonds is 8. The molecule has 0 aliphatic carbocycles. The fourth-order valence-corrected chi connectivity index (χ4v) is 4.20. The van der Waals surface area contributed by atoms with Gasteiger partial charge in [0.05, 0.1) is 6.61 Å². The smallest absolute Gasteiger partial charge is 0.387 e. The van der Waals surface area contributed by atoms with E-state index in [4.69, 9.17) is 14.5 Å². The molecule has 0 radical (unpaired) electrons. The molecule has 12 heteroatoms. The van der Waals surface area contributed by atoms with E-state index in [9.17, 15) is 19.6 Å². The summed E-state index contributed by atoms with van der Waals surface area (Å²) in [6.45, 7) is -0.608. The maximum absolute atomic E-state index is 11.7. The Hall–Kier alpha value is -1.56. The van der Waals surface area contributed by atoms with Crippen molar-refractivity contribution in [3.63, 3.8) is 0 Å². The lowest BCUT2D eigenvalue weighted by atomic mass is 10.1. The van der Waals surface area contributed by atoms with E-state index in [1.54, 1.807) is 0 Å². The van der Waals surface area contributed by atoms with E-state index >= 15 is 0 Å². The van der Waals surface area contributed by atoms with Crippen molar-refractivity contribution in [1.29, 1.82) is 0 Å². The van der Waals surface area contributed by atoms with Crippen molar-refractivity contribution in [1.82, 2.24) is 9.55 Å². The second-order valence-electron chi connectivity index (χ2n) is 6.37. The van der Waals surface area contributed by atoms with Crippen LogP contribution in [0, 0.1) is 0 Å². The highest BCUT2D eigenvalue weighted by molar-refractivity contribution is 7.99. The average Bonchev–Trinajstić information content (AvgIpc) is 2.95. The molecule has 3 rings (SSSR count). The van der Waals surface area contributed by atoms with Gasteiger partial charge in [-0.2, -0.15) is 4.98 Å². The van der Waals surface area contributed by atoms with Gasteiger partial charge in [-0.1, -0.05) is 42.1 Å². The van der Waals surface area contributed by atoms with Crippen molar-refractivity contribution in [3.8, 4) is 0 Å². The zero-order valence-electron chi connectivity index (χ0n) is 15.1. The predicted octanol–water partition coefficient (Wildman–Crippen LogP) is 0.307. The summed E-state index contributed by atoms with van der Waals surface area (Å²) in [5.74, 6) is 0.608. The molecule has 1 fully saturated rings. The zero-order chi connectivity index (χ0) is 21.0. The molecule has 1 aliphatic rings. The monoisotopic (exact) mass is 444 g/mol. The largest absolute Gasteiger partial charge is 0.469 e. The van der Waals surface area contributed by atoms with Gasteiger partial charge in [-0.25, -0.2) is 4.57 Å². The molecule has 0 saturated carbocycles. The number of phosphoric ester groups is 1. The third kappa shape index (κ3) is 5.97. The topological polar surface area (TPSA) is 151 Å². The quantitative estimate of drug-likeness (QED) is 0.254. The summed E-state index contributed by atoms with van der Waals surface area (Å²) in [7, 11) is -4.75. The Morgan fingerprint density at radius 2 is 1.90 bits per heavy atom. The van der Waals surface area contributed by atoms with Crippen LogP contribution in [0.5, 0.6) is 0 Å². The van der Waals surface area contributed by atoms with Crippen LogP contribution in [0.15, 0.2) is 52.5 Å². The summed E-state index contributed by atoms with van der Waals surface area (Å²) in [5.41, 5.74) is 0.657. The van der Waals surface area contributed by atoms with Gasteiger partial charge in [0.2, 0.25) is 0 Å². The lowest BCUT2D eigenvalue weighted by molar-refractivity contribution is -0.0569. The molecule has 1 aliphatic heterocycles. The van der Waals surface area contributed by atoms with Crippen LogP contribution in [0.3, 0.4) is 0 Å². The molecule has 1 aromatic heterocycles. The summed E-state index contributed by atoms with van der Waals surface area (Å²) >= 11 is 1.29. The molecular weight excluding hydrogens is 423 g/mol. The van der Waals surface area contributed by atoms with Crippen molar-refractivity contribution >= 4 is 19.6 Å². The number of aromatic nitrogens is 2. The zero-order valence-corrected chi connectivity index (χ0v) is 16.9. The van der Waals surface area contributed by atoms with E-state index < -0.39 is 44.5 Å². The third-order valence-corrected chi connectivity index (χ3v) is 5.74. The number of ether oxygens (including phenoxy) is 1. The predicted molar refractivity (Wildman–Crippen MR) is 103 cm³/mol. The molecule has 1 aromatic carbocycles. The standard InChI is InChI=1S/C17H21N2O8PS/c20-13-6-8-19(17(18-13)29-9-7-11-4-2-1-3-5-11)16-15(22)14(21)12(27-16)10-26-28(23,24)25/h1-6,8,12,14-16,21-22H,7,9-10H2,(H2,23,24,25)/t12-,14-,15-,16-/m1/s1. The first kappa shape index (κ1) is 22.1. The molecule has 4 N–H and O–H groups in total. The number of thioether (sulfide) groups is 1. The Labute approximate surface area is 170 Å². The van der Waals surface area contributed by atoms with Crippen LogP contribution in [0.2, 0.25) is 0 Å². The van der Waals surface area contributed by atoms with E-state index in [-0.39, 0.29) is 0 Å². The maximum atomic E-state index is 11.7. The van der Waals surface area contributed by atoms with Gasteiger partial charge in [-0.15, -0.1) is 0 Å². The highest BCUT2D eigenvalue weighted by atomic mass is 32.2. The molecule has 2 heterocycles. The minimum absolute atomic E-state index is 0.293. The Bertz CT molecular complexity index is 921. The van der Waals surface area contributed by atoms with E-state index in [0.717, 1.165) is 12.0 Å². The van der Waals surface area contributed by atoms with E-state index in [2.05, 4.69) is 9.51 Å². The molecule has 158 valence electrons. The number of benzene rings is 1. The van der Waals surface area contributed by atoms with Gasteiger partial charge >= 0.3 is 7.82 Å². The van der Waals surface area contributed by atoms with Crippen LogP contribution in [0.25, 0.3) is 0 Å². The minimum atomic E-state index is -4.75. The van der Waals surface area contributed by atoms with Crippen molar-refractivity contribution in [3.05, 3.63) is 58.5 Å². The fraction of sp³-hybridized carbons (Fsp3) is 0.412. The van der Waals surface area contributed by atoms with E-state index in [1.165, 1.54) is 28.6 Å². The molecule has 0 amide bonds. The number of aryl methyl sites for hydroxylation is 1. The van der Waals surface area contributed by atoms with Crippen LogP contribution in [0.4, 0.5) is 0 Å². The lowest BCUT2D eigenvalue weighted by Gasteiger charge is -2.21. The second-order valence-corrected chi connectivity index (χ2v) is 8.67. The number of hydrogen-bond acceptors (Lipinski definition) is 8. The lowest BCUT2D eigenvalue weighted by Crippen LogP contribution is -2.34. The van der Waals surface area contributed by atoms with Crippen molar-refractivity contribution < 1.29 is 33.8 Å². The van der Waals surface area contributed by atoms with Crippen molar-refractivity contribution in [2.45, 2.75) is 36.1 Å². The number of phosphoric acid groups is 1. The fourth-order valence-electron chi connectivity index (χ4n) is 2.87. The van der Waals surface area contributed by atoms with E-state index in [0.29, 0.717) is 10.9 Å². The Morgan fingerprint density at radius 3 is 2.59 bits per heavy atom. The minimum Gasteiger partial charge on any atom is -0.387 e. The van der Waals surface area contributed by atoms with E-state index in [1.807, 2.05) is 30.3 Å². The summed E-state index contributed by atoms with van der Waals surface area (Å²) in [6, 6.07) is 10.9. The number of nitrogens with zero attached hydrogens (tertiary/aromatic N) is 2. The summed E-state index contributed by atoms with van der Waals surface area (Å²) in [5, 5.41) is 20.8. The third-order valence-electron chi connectivity index (χ3n) is 4.29. The van der Waals surface area contributed by atoms with Crippen LogP contribution < -0.4 is 5.56 Å². The summed E-state index contributed by atoms with van der Waals surface area (Å²) in [6.07, 6.45) is -2.98. The Morgan fingerprint density at radius 1 is 1.17 bits per heavy atom. The maximum Gasteiger partial charge on any atom is 0.469 e. The number of aliphatic hydroxyl groups excluding tert-OH is 2. The van der Waals surface area contributed by atoms with Gasteiger partial charge in [-0.05, 0) is 12.0 Å². The summed E-state index contributed by atoms with van der Waals surface area (Å²) < 4.78 is 22.2. The molecule has 2 aromatic rings. The molecule has 29 heavy (non-hydrogen) atoms. The van der Waals surface area contributed by atoms with Crippen LogP contribution >= 0.6 is 19.6 Å². The van der Waals surface area contributed by atoms with Gasteiger partial charge in [0.15, 0.2) is 11.4 Å².